The van der Waals surface area contributed by atoms with Crippen LogP contribution < -0.4 is 5.69 Å². The third-order valence-corrected chi connectivity index (χ3v) is 2.58. The number of pyridine rings is 1. The monoisotopic (exact) mass is 265 g/mol. The van der Waals surface area contributed by atoms with Crippen LogP contribution in [0.4, 0.5) is 0 Å². The fraction of sp³-hybridized carbons (Fsp3) is 0.417. The van der Waals surface area contributed by atoms with Crippen LogP contribution in [0.3, 0.4) is 0 Å². The molecule has 2 aromatic heterocycles. The number of aromatic nitrogens is 3. The molecule has 0 fully saturated rings. The largest absolute Gasteiger partial charge is 0.466 e. The van der Waals surface area contributed by atoms with Crippen LogP contribution >= 0.6 is 0 Å². The Labute approximate surface area is 109 Å². The van der Waals surface area contributed by atoms with Gasteiger partial charge < -0.3 is 9.84 Å². The van der Waals surface area contributed by atoms with Crippen molar-refractivity contribution in [3.63, 3.8) is 0 Å². The van der Waals surface area contributed by atoms with Gasteiger partial charge in [0.25, 0.3) is 0 Å². The van der Waals surface area contributed by atoms with Gasteiger partial charge in [0, 0.05) is 6.20 Å². The van der Waals surface area contributed by atoms with Crippen molar-refractivity contribution in [3.05, 3.63) is 34.9 Å². The third kappa shape index (κ3) is 3.00. The maximum atomic E-state index is 11.9. The molecule has 0 aliphatic heterocycles. The van der Waals surface area contributed by atoms with Crippen molar-refractivity contribution in [2.75, 3.05) is 6.61 Å². The highest BCUT2D eigenvalue weighted by Gasteiger charge is 2.15. The van der Waals surface area contributed by atoms with Gasteiger partial charge in [0.05, 0.1) is 25.7 Å². The minimum atomic E-state index is -0.998. The lowest BCUT2D eigenvalue weighted by molar-refractivity contribution is -0.145. The molecule has 7 nitrogen and oxygen atoms in total. The van der Waals surface area contributed by atoms with Gasteiger partial charge in [-0.25, -0.2) is 9.48 Å². The van der Waals surface area contributed by atoms with E-state index in [1.807, 2.05) is 0 Å². The Bertz CT molecular complexity index is 631. The van der Waals surface area contributed by atoms with Crippen LogP contribution in [0.5, 0.6) is 0 Å². The molecular weight excluding hydrogens is 250 g/mol. The summed E-state index contributed by atoms with van der Waals surface area (Å²) in [5.74, 6) is -0.494. The summed E-state index contributed by atoms with van der Waals surface area (Å²) in [5.41, 5.74) is 0.148. The first-order valence-corrected chi connectivity index (χ1v) is 5.99. The maximum Gasteiger partial charge on any atom is 0.350 e. The normalized spacial score (nSPS) is 12.5. The number of esters is 1. The molecule has 0 radical (unpaired) electrons. The van der Waals surface area contributed by atoms with Crippen molar-refractivity contribution < 1.29 is 14.6 Å². The molecule has 19 heavy (non-hydrogen) atoms. The van der Waals surface area contributed by atoms with E-state index in [0.29, 0.717) is 5.65 Å². The van der Waals surface area contributed by atoms with Crippen LogP contribution in [0, 0.1) is 0 Å². The highest BCUT2D eigenvalue weighted by atomic mass is 16.5. The predicted molar refractivity (Wildman–Crippen MR) is 66.7 cm³/mol. The summed E-state index contributed by atoms with van der Waals surface area (Å²) in [4.78, 5) is 23.1. The number of aliphatic hydroxyl groups excluding tert-OH is 1. The minimum absolute atomic E-state index is 0.0423. The SMILES string of the molecule is CCOC(=O)CC(O)Cn1nc2ccccn2c1=O. The van der Waals surface area contributed by atoms with Crippen molar-refractivity contribution in [3.8, 4) is 0 Å². The molecule has 1 unspecified atom stereocenters. The molecule has 0 spiro atoms. The van der Waals surface area contributed by atoms with Crippen molar-refractivity contribution in [1.29, 1.82) is 0 Å². The molecule has 2 heterocycles. The molecule has 2 rings (SSSR count). The van der Waals surface area contributed by atoms with Crippen LogP contribution in [0.1, 0.15) is 13.3 Å². The molecule has 0 saturated carbocycles. The van der Waals surface area contributed by atoms with E-state index in [-0.39, 0.29) is 25.3 Å². The number of aliphatic hydroxyl groups is 1. The summed E-state index contributed by atoms with van der Waals surface area (Å²) in [6, 6.07) is 5.17. The number of hydrogen-bond donors (Lipinski definition) is 1. The number of carbonyl (C=O) groups is 1. The maximum absolute atomic E-state index is 11.9. The number of carbonyl (C=O) groups excluding carboxylic acids is 1. The van der Waals surface area contributed by atoms with E-state index >= 15 is 0 Å². The molecule has 7 heteroatoms. The molecule has 2 aromatic rings. The van der Waals surface area contributed by atoms with Gasteiger partial charge in [-0.3, -0.25) is 9.20 Å². The molecular formula is C12H15N3O4. The van der Waals surface area contributed by atoms with Crippen molar-refractivity contribution in [1.82, 2.24) is 14.2 Å². The van der Waals surface area contributed by atoms with Crippen LogP contribution in [-0.2, 0) is 16.1 Å². The molecule has 0 saturated heterocycles. The van der Waals surface area contributed by atoms with E-state index in [4.69, 9.17) is 4.74 Å². The van der Waals surface area contributed by atoms with Gasteiger partial charge in [-0.15, -0.1) is 5.10 Å². The van der Waals surface area contributed by atoms with Gasteiger partial charge in [-0.05, 0) is 19.1 Å². The zero-order chi connectivity index (χ0) is 13.8. The average Bonchev–Trinajstić information content (AvgIpc) is 2.67. The average molecular weight is 265 g/mol. The van der Waals surface area contributed by atoms with Gasteiger partial charge in [-0.1, -0.05) is 6.07 Å². The number of nitrogens with zero attached hydrogens (tertiary/aromatic N) is 3. The van der Waals surface area contributed by atoms with Crippen LogP contribution in [0.2, 0.25) is 0 Å². The Kier molecular flexibility index (Phi) is 3.96. The summed E-state index contributed by atoms with van der Waals surface area (Å²) in [7, 11) is 0. The van der Waals surface area contributed by atoms with Gasteiger partial charge in [0.15, 0.2) is 5.65 Å². The highest BCUT2D eigenvalue weighted by molar-refractivity contribution is 5.69. The Morgan fingerprint density at radius 3 is 3.00 bits per heavy atom. The third-order valence-electron chi connectivity index (χ3n) is 2.58. The smallest absolute Gasteiger partial charge is 0.350 e. The lowest BCUT2D eigenvalue weighted by Gasteiger charge is -2.08. The van der Waals surface area contributed by atoms with Gasteiger partial charge in [0.1, 0.15) is 0 Å². The fourth-order valence-corrected chi connectivity index (χ4v) is 1.76. The second-order valence-corrected chi connectivity index (χ2v) is 4.06. The fourth-order valence-electron chi connectivity index (χ4n) is 1.76. The summed E-state index contributed by atoms with van der Waals surface area (Å²) in [5, 5.41) is 13.8. The van der Waals surface area contributed by atoms with Crippen LogP contribution in [-0.4, -0.2) is 38.0 Å². The molecule has 0 aliphatic rings. The Hall–Kier alpha value is -2.15. The van der Waals surface area contributed by atoms with E-state index in [1.165, 1.54) is 4.40 Å². The molecule has 0 aromatic carbocycles. The van der Waals surface area contributed by atoms with E-state index in [0.717, 1.165) is 4.68 Å². The second kappa shape index (κ2) is 5.66. The van der Waals surface area contributed by atoms with E-state index in [9.17, 15) is 14.7 Å². The van der Waals surface area contributed by atoms with E-state index in [1.54, 1.807) is 31.3 Å². The molecule has 0 bridgehead atoms. The van der Waals surface area contributed by atoms with E-state index in [2.05, 4.69) is 5.10 Å². The first-order chi connectivity index (χ1) is 9.11. The number of ether oxygens (including phenoxy) is 1. The standard InChI is InChI=1S/C12H15N3O4/c1-2-19-11(17)7-9(16)8-15-12(18)14-6-4-3-5-10(14)13-15/h3-6,9,16H,2,7-8H2,1H3. The van der Waals surface area contributed by atoms with Gasteiger partial charge in [-0.2, -0.15) is 0 Å². The van der Waals surface area contributed by atoms with E-state index < -0.39 is 12.1 Å². The van der Waals surface area contributed by atoms with Gasteiger partial charge in [0.2, 0.25) is 0 Å². The minimum Gasteiger partial charge on any atom is -0.466 e. The molecule has 1 N–H and O–H groups in total. The zero-order valence-electron chi connectivity index (χ0n) is 10.5. The lowest BCUT2D eigenvalue weighted by atomic mass is 10.2. The first-order valence-electron chi connectivity index (χ1n) is 5.99. The second-order valence-electron chi connectivity index (χ2n) is 4.06. The first kappa shape index (κ1) is 13.3. The number of hydrogen-bond acceptors (Lipinski definition) is 5. The topological polar surface area (TPSA) is 85.8 Å². The molecule has 0 amide bonds. The van der Waals surface area contributed by atoms with Crippen LogP contribution in [0.25, 0.3) is 5.65 Å². The summed E-state index contributed by atoms with van der Waals surface area (Å²) < 4.78 is 7.24. The summed E-state index contributed by atoms with van der Waals surface area (Å²) >= 11 is 0. The number of rotatable bonds is 5. The summed E-state index contributed by atoms with van der Waals surface area (Å²) in [6.07, 6.45) is 0.439. The lowest BCUT2D eigenvalue weighted by Crippen LogP contribution is -2.29. The Morgan fingerprint density at radius 2 is 2.32 bits per heavy atom. The van der Waals surface area contributed by atoms with Crippen molar-refractivity contribution in [2.45, 2.75) is 26.0 Å². The quantitative estimate of drug-likeness (QED) is 0.757. The van der Waals surface area contributed by atoms with Gasteiger partial charge >= 0.3 is 11.7 Å². The molecule has 1 atom stereocenters. The Morgan fingerprint density at radius 1 is 1.53 bits per heavy atom. The molecule has 102 valence electrons. The molecule has 0 aliphatic carbocycles. The highest BCUT2D eigenvalue weighted by Crippen LogP contribution is 2.00. The van der Waals surface area contributed by atoms with Crippen LogP contribution in [0.15, 0.2) is 29.2 Å². The predicted octanol–water partition coefficient (Wildman–Crippen LogP) is -0.190. The zero-order valence-corrected chi connectivity index (χ0v) is 10.5. The Balaban J connectivity index is 2.11. The summed E-state index contributed by atoms with van der Waals surface area (Å²) in [6.45, 7) is 1.91. The van der Waals surface area contributed by atoms with Crippen molar-refractivity contribution >= 4 is 11.6 Å². The van der Waals surface area contributed by atoms with Crippen molar-refractivity contribution in [2.24, 2.45) is 0 Å². The number of fused-ring (bicyclic) bond motifs is 1.